The first-order valence-corrected chi connectivity index (χ1v) is 11.7. The number of benzene rings is 3. The Kier molecular flexibility index (Phi) is 8.97. The van der Waals surface area contributed by atoms with E-state index in [0.717, 1.165) is 16.7 Å². The molecule has 1 atom stereocenters. The second kappa shape index (κ2) is 11.9. The highest BCUT2D eigenvalue weighted by atomic mass is 35.5. The van der Waals surface area contributed by atoms with Gasteiger partial charge in [0.1, 0.15) is 11.8 Å². The highest BCUT2D eigenvalue weighted by Crippen LogP contribution is 2.27. The Bertz CT molecular complexity index is 1130. The molecule has 0 aromatic heterocycles. The van der Waals surface area contributed by atoms with E-state index in [1.807, 2.05) is 62.4 Å². The van der Waals surface area contributed by atoms with Crippen LogP contribution in [0, 0.1) is 13.8 Å². The van der Waals surface area contributed by atoms with E-state index in [1.54, 1.807) is 25.2 Å². The number of rotatable bonds is 9. The van der Waals surface area contributed by atoms with Crippen molar-refractivity contribution >= 4 is 35.0 Å². The molecule has 3 rings (SSSR count). The lowest BCUT2D eigenvalue weighted by atomic mass is 10.0. The second-order valence-electron chi connectivity index (χ2n) is 8.03. The van der Waals surface area contributed by atoms with Gasteiger partial charge in [0.15, 0.2) is 6.61 Å². The van der Waals surface area contributed by atoms with E-state index < -0.39 is 6.04 Å². The zero-order chi connectivity index (χ0) is 24.7. The van der Waals surface area contributed by atoms with Gasteiger partial charge in [0, 0.05) is 35.6 Å². The molecule has 0 spiro atoms. The standard InChI is InChI=1S/C27H28Cl2N2O3/c1-18-9-7-14-25(19(18)2)34-17-26(32)31(16-21-22(28)12-8-13-23(21)29)24(27(33)30-3)15-20-10-5-4-6-11-20/h4-14,24H,15-17H2,1-3H3,(H,30,33)/t24-/m1/s1. The predicted octanol–water partition coefficient (Wildman–Crippen LogP) is 5.38. The first kappa shape index (κ1) is 25.6. The number of aryl methyl sites for hydroxylation is 1. The number of nitrogens with zero attached hydrogens (tertiary/aromatic N) is 1. The largest absolute Gasteiger partial charge is 0.483 e. The summed E-state index contributed by atoms with van der Waals surface area (Å²) in [7, 11) is 1.55. The molecule has 0 aliphatic rings. The highest BCUT2D eigenvalue weighted by Gasteiger charge is 2.31. The molecule has 1 N–H and O–H groups in total. The zero-order valence-electron chi connectivity index (χ0n) is 19.5. The van der Waals surface area contributed by atoms with Crippen molar-refractivity contribution in [1.29, 1.82) is 0 Å². The van der Waals surface area contributed by atoms with Gasteiger partial charge in [0.05, 0.1) is 0 Å². The molecular weight excluding hydrogens is 471 g/mol. The maximum absolute atomic E-state index is 13.5. The Hall–Kier alpha value is -3.02. The zero-order valence-corrected chi connectivity index (χ0v) is 21.0. The van der Waals surface area contributed by atoms with Gasteiger partial charge in [-0.3, -0.25) is 9.59 Å². The normalized spacial score (nSPS) is 11.6. The third kappa shape index (κ3) is 6.31. The van der Waals surface area contributed by atoms with E-state index >= 15 is 0 Å². The molecule has 0 aliphatic carbocycles. The van der Waals surface area contributed by atoms with Crippen molar-refractivity contribution in [2.24, 2.45) is 0 Å². The van der Waals surface area contributed by atoms with Crippen LogP contribution < -0.4 is 10.1 Å². The fourth-order valence-electron chi connectivity index (χ4n) is 3.68. The minimum Gasteiger partial charge on any atom is -0.483 e. The molecule has 0 radical (unpaired) electrons. The third-order valence-electron chi connectivity index (χ3n) is 5.81. The van der Waals surface area contributed by atoms with Crippen molar-refractivity contribution in [2.45, 2.75) is 32.9 Å². The fourth-order valence-corrected chi connectivity index (χ4v) is 4.19. The van der Waals surface area contributed by atoms with Crippen LogP contribution in [-0.2, 0) is 22.6 Å². The Labute approximate surface area is 210 Å². The number of halogens is 2. The molecule has 0 unspecified atom stereocenters. The molecule has 7 heteroatoms. The maximum atomic E-state index is 13.5. The quantitative estimate of drug-likeness (QED) is 0.431. The Morgan fingerprint density at radius 3 is 2.24 bits per heavy atom. The summed E-state index contributed by atoms with van der Waals surface area (Å²) in [6, 6.07) is 19.6. The van der Waals surface area contributed by atoms with Crippen LogP contribution in [0.25, 0.3) is 0 Å². The van der Waals surface area contributed by atoms with Crippen LogP contribution in [0.3, 0.4) is 0 Å². The number of amides is 2. The number of carbonyl (C=O) groups is 2. The second-order valence-corrected chi connectivity index (χ2v) is 8.84. The van der Waals surface area contributed by atoms with E-state index in [2.05, 4.69) is 5.32 Å². The van der Waals surface area contributed by atoms with Crippen molar-refractivity contribution in [3.8, 4) is 5.75 Å². The number of nitrogens with one attached hydrogen (secondary N) is 1. The number of ether oxygens (including phenoxy) is 1. The van der Waals surface area contributed by atoms with Gasteiger partial charge in [0.25, 0.3) is 5.91 Å². The lowest BCUT2D eigenvalue weighted by molar-refractivity contribution is -0.142. The Morgan fingerprint density at radius 1 is 0.941 bits per heavy atom. The van der Waals surface area contributed by atoms with Gasteiger partial charge in [-0.15, -0.1) is 0 Å². The van der Waals surface area contributed by atoms with Gasteiger partial charge in [-0.2, -0.15) is 0 Å². The first-order chi connectivity index (χ1) is 16.3. The monoisotopic (exact) mass is 498 g/mol. The molecule has 0 saturated carbocycles. The molecule has 178 valence electrons. The molecule has 0 fully saturated rings. The van der Waals surface area contributed by atoms with Crippen LogP contribution >= 0.6 is 23.2 Å². The molecule has 34 heavy (non-hydrogen) atoms. The summed E-state index contributed by atoms with van der Waals surface area (Å²) in [6.07, 6.45) is 0.331. The van der Waals surface area contributed by atoms with Crippen molar-refractivity contribution in [3.05, 3.63) is 99.0 Å². The third-order valence-corrected chi connectivity index (χ3v) is 6.52. The maximum Gasteiger partial charge on any atom is 0.261 e. The molecule has 0 heterocycles. The van der Waals surface area contributed by atoms with Gasteiger partial charge < -0.3 is 15.0 Å². The molecule has 2 amide bonds. The number of hydrogen-bond acceptors (Lipinski definition) is 3. The molecule has 0 bridgehead atoms. The molecule has 5 nitrogen and oxygen atoms in total. The minimum atomic E-state index is -0.783. The highest BCUT2D eigenvalue weighted by molar-refractivity contribution is 6.36. The summed E-state index contributed by atoms with van der Waals surface area (Å²) in [5.41, 5.74) is 3.53. The predicted molar refractivity (Wildman–Crippen MR) is 136 cm³/mol. The number of likely N-dealkylation sites (N-methyl/N-ethyl adjacent to an activating group) is 1. The van der Waals surface area contributed by atoms with Crippen molar-refractivity contribution < 1.29 is 14.3 Å². The summed E-state index contributed by atoms with van der Waals surface area (Å²) >= 11 is 12.8. The molecule has 0 aliphatic heterocycles. The van der Waals surface area contributed by atoms with Gasteiger partial charge in [0.2, 0.25) is 5.91 Å². The topological polar surface area (TPSA) is 58.6 Å². The van der Waals surface area contributed by atoms with Crippen LogP contribution in [0.15, 0.2) is 66.7 Å². The average molecular weight is 499 g/mol. The van der Waals surface area contributed by atoms with Gasteiger partial charge in [-0.25, -0.2) is 0 Å². The average Bonchev–Trinajstić information content (AvgIpc) is 2.83. The van der Waals surface area contributed by atoms with Gasteiger partial charge in [-0.05, 0) is 48.7 Å². The molecule has 3 aromatic carbocycles. The Morgan fingerprint density at radius 2 is 1.59 bits per heavy atom. The van der Waals surface area contributed by atoms with Crippen molar-refractivity contribution in [1.82, 2.24) is 10.2 Å². The van der Waals surface area contributed by atoms with Crippen LogP contribution in [0.2, 0.25) is 10.0 Å². The van der Waals surface area contributed by atoms with Crippen LogP contribution in [0.4, 0.5) is 0 Å². The van der Waals surface area contributed by atoms with E-state index in [9.17, 15) is 9.59 Å². The van der Waals surface area contributed by atoms with E-state index in [4.69, 9.17) is 27.9 Å². The minimum absolute atomic E-state index is 0.0679. The molecule has 0 saturated heterocycles. The SMILES string of the molecule is CNC(=O)[C@@H](Cc1ccccc1)N(Cc1c(Cl)cccc1Cl)C(=O)COc1cccc(C)c1C. The van der Waals surface area contributed by atoms with Crippen LogP contribution in [0.1, 0.15) is 22.3 Å². The molecule has 3 aromatic rings. The molecular formula is C27H28Cl2N2O3. The van der Waals surface area contributed by atoms with Crippen molar-refractivity contribution in [3.63, 3.8) is 0 Å². The van der Waals surface area contributed by atoms with Crippen LogP contribution in [-0.4, -0.2) is 36.4 Å². The lowest BCUT2D eigenvalue weighted by Crippen LogP contribution is -2.51. The van der Waals surface area contributed by atoms with E-state index in [1.165, 1.54) is 4.90 Å². The lowest BCUT2D eigenvalue weighted by Gasteiger charge is -2.31. The fraction of sp³-hybridized carbons (Fsp3) is 0.259. The summed E-state index contributed by atoms with van der Waals surface area (Å²) < 4.78 is 5.88. The van der Waals surface area contributed by atoms with Crippen LogP contribution in [0.5, 0.6) is 5.75 Å². The number of hydrogen-bond donors (Lipinski definition) is 1. The van der Waals surface area contributed by atoms with Crippen molar-refractivity contribution in [2.75, 3.05) is 13.7 Å². The summed E-state index contributed by atoms with van der Waals surface area (Å²) in [6.45, 7) is 3.77. The Balaban J connectivity index is 1.94. The number of carbonyl (C=O) groups excluding carboxylic acids is 2. The van der Waals surface area contributed by atoms with Gasteiger partial charge in [-0.1, -0.05) is 71.7 Å². The first-order valence-electron chi connectivity index (χ1n) is 11.0. The van der Waals surface area contributed by atoms with Gasteiger partial charge >= 0.3 is 0 Å². The summed E-state index contributed by atoms with van der Waals surface area (Å²) in [4.78, 5) is 28.0. The van der Waals surface area contributed by atoms with E-state index in [-0.39, 0.29) is 25.0 Å². The van der Waals surface area contributed by atoms with E-state index in [0.29, 0.717) is 27.8 Å². The smallest absolute Gasteiger partial charge is 0.261 e. The summed E-state index contributed by atoms with van der Waals surface area (Å²) in [5, 5.41) is 3.54. The summed E-state index contributed by atoms with van der Waals surface area (Å²) in [5.74, 6) is -0.00262.